The molecule has 2 bridgehead atoms. The molecule has 100 valence electrons. The van der Waals surface area contributed by atoms with Crippen molar-refractivity contribution in [3.05, 3.63) is 23.5 Å². The van der Waals surface area contributed by atoms with Crippen LogP contribution in [0.25, 0.3) is 4.96 Å². The molecule has 2 aliphatic carbocycles. The molecule has 2 aromatic rings. The molecule has 4 rings (SSSR count). The van der Waals surface area contributed by atoms with Crippen LogP contribution in [-0.4, -0.2) is 15.3 Å². The van der Waals surface area contributed by atoms with Crippen LogP contribution < -0.4 is 5.32 Å². The highest BCUT2D eigenvalue weighted by molar-refractivity contribution is 7.15. The molecule has 3 unspecified atom stereocenters. The Morgan fingerprint density at radius 1 is 1.47 bits per heavy atom. The van der Waals surface area contributed by atoms with Gasteiger partial charge in [-0.25, -0.2) is 4.98 Å². The summed E-state index contributed by atoms with van der Waals surface area (Å²) in [5.41, 5.74) is 0.948. The van der Waals surface area contributed by atoms with Crippen LogP contribution in [0.5, 0.6) is 0 Å². The fourth-order valence-corrected chi connectivity index (χ4v) is 4.45. The lowest BCUT2D eigenvalue weighted by Crippen LogP contribution is -2.33. The first-order valence-electron chi connectivity index (χ1n) is 6.98. The summed E-state index contributed by atoms with van der Waals surface area (Å²) in [5.74, 6) is 1.97. The number of carbonyl (C=O) groups excluding carboxylic acids is 1. The molecule has 1 amide bonds. The number of rotatable bonds is 3. The molecule has 19 heavy (non-hydrogen) atoms. The summed E-state index contributed by atoms with van der Waals surface area (Å²) in [6.07, 6.45) is 8.96. The Kier molecular flexibility index (Phi) is 2.62. The van der Waals surface area contributed by atoms with E-state index in [1.54, 1.807) is 11.3 Å². The lowest BCUT2D eigenvalue weighted by molar-refractivity contribution is -0.126. The van der Waals surface area contributed by atoms with Crippen molar-refractivity contribution in [2.24, 2.45) is 17.8 Å². The van der Waals surface area contributed by atoms with Gasteiger partial charge in [-0.15, -0.1) is 11.3 Å². The van der Waals surface area contributed by atoms with E-state index in [1.165, 1.54) is 19.3 Å². The van der Waals surface area contributed by atoms with Crippen molar-refractivity contribution in [2.75, 3.05) is 0 Å². The molecule has 0 spiro atoms. The fraction of sp³-hybridized carbons (Fsp3) is 0.571. The number of fused-ring (bicyclic) bond motifs is 3. The fourth-order valence-electron chi connectivity index (χ4n) is 3.74. The molecule has 2 aromatic heterocycles. The number of amides is 1. The van der Waals surface area contributed by atoms with Gasteiger partial charge in [0.2, 0.25) is 5.91 Å². The zero-order valence-corrected chi connectivity index (χ0v) is 11.5. The minimum atomic E-state index is 0.239. The lowest BCUT2D eigenvalue weighted by Gasteiger charge is -2.20. The zero-order chi connectivity index (χ0) is 12.8. The molecule has 2 heterocycles. The minimum absolute atomic E-state index is 0.239. The van der Waals surface area contributed by atoms with Crippen LogP contribution in [0.3, 0.4) is 0 Å². The van der Waals surface area contributed by atoms with Gasteiger partial charge in [0, 0.05) is 23.7 Å². The van der Waals surface area contributed by atoms with E-state index in [9.17, 15) is 4.79 Å². The monoisotopic (exact) mass is 275 g/mol. The predicted molar refractivity (Wildman–Crippen MR) is 73.9 cm³/mol. The quantitative estimate of drug-likeness (QED) is 0.935. The van der Waals surface area contributed by atoms with Gasteiger partial charge in [-0.1, -0.05) is 6.42 Å². The first kappa shape index (κ1) is 11.5. The Balaban J connectivity index is 1.39. The summed E-state index contributed by atoms with van der Waals surface area (Å²) in [6.45, 7) is 0.557. The molecule has 1 N–H and O–H groups in total. The number of nitrogens with zero attached hydrogens (tertiary/aromatic N) is 2. The molecule has 3 atom stereocenters. The maximum absolute atomic E-state index is 12.2. The van der Waals surface area contributed by atoms with Gasteiger partial charge in [0.25, 0.3) is 0 Å². The van der Waals surface area contributed by atoms with E-state index in [2.05, 4.69) is 10.3 Å². The first-order chi connectivity index (χ1) is 9.29. The predicted octanol–water partition coefficient (Wildman–Crippen LogP) is 2.45. The molecule has 5 heteroatoms. The van der Waals surface area contributed by atoms with Crippen LogP contribution in [0, 0.1) is 17.8 Å². The SMILES string of the molecule is O=C(NCc1cn2ccsc2n1)C1CC2CCC1C2. The van der Waals surface area contributed by atoms with Crippen molar-refractivity contribution < 1.29 is 4.79 Å². The highest BCUT2D eigenvalue weighted by Gasteiger charge is 2.42. The van der Waals surface area contributed by atoms with Gasteiger partial charge in [0.15, 0.2) is 4.96 Å². The lowest BCUT2D eigenvalue weighted by atomic mass is 9.88. The Labute approximate surface area is 115 Å². The van der Waals surface area contributed by atoms with Crippen molar-refractivity contribution in [2.45, 2.75) is 32.2 Å². The number of carbonyl (C=O) groups is 1. The molecule has 2 fully saturated rings. The second kappa shape index (κ2) is 4.34. The normalized spacial score (nSPS) is 29.2. The van der Waals surface area contributed by atoms with Crippen LogP contribution in [0.1, 0.15) is 31.4 Å². The number of imidazole rings is 1. The standard InChI is InChI=1S/C14H17N3OS/c18-13(12-6-9-1-2-10(12)5-9)15-7-11-8-17-3-4-19-14(17)16-11/h3-4,8-10,12H,1-2,5-7H2,(H,15,18). The smallest absolute Gasteiger partial charge is 0.223 e. The van der Waals surface area contributed by atoms with Crippen LogP contribution in [0.15, 0.2) is 17.8 Å². The Hall–Kier alpha value is -1.36. The zero-order valence-electron chi connectivity index (χ0n) is 10.7. The van der Waals surface area contributed by atoms with Crippen LogP contribution in [0.2, 0.25) is 0 Å². The third-order valence-corrected chi connectivity index (χ3v) is 5.43. The van der Waals surface area contributed by atoms with Crippen LogP contribution in [-0.2, 0) is 11.3 Å². The second-order valence-electron chi connectivity index (χ2n) is 5.82. The molecule has 0 saturated heterocycles. The first-order valence-corrected chi connectivity index (χ1v) is 7.86. The number of thiazole rings is 1. The van der Waals surface area contributed by atoms with Crippen LogP contribution in [0.4, 0.5) is 0 Å². The van der Waals surface area contributed by atoms with E-state index in [4.69, 9.17) is 0 Å². The van der Waals surface area contributed by atoms with Crippen molar-refractivity contribution in [3.63, 3.8) is 0 Å². The summed E-state index contributed by atoms with van der Waals surface area (Å²) < 4.78 is 2.00. The van der Waals surface area contributed by atoms with Crippen molar-refractivity contribution >= 4 is 22.2 Å². The second-order valence-corrected chi connectivity index (χ2v) is 6.70. The third-order valence-electron chi connectivity index (χ3n) is 4.66. The average Bonchev–Trinajstić information content (AvgIpc) is 3.14. The molecule has 0 aliphatic heterocycles. The maximum Gasteiger partial charge on any atom is 0.223 e. The summed E-state index contributed by atoms with van der Waals surface area (Å²) in [4.78, 5) is 17.7. The van der Waals surface area contributed by atoms with E-state index in [0.717, 1.165) is 23.0 Å². The molecule has 0 aromatic carbocycles. The van der Waals surface area contributed by atoms with Gasteiger partial charge in [0.05, 0.1) is 12.2 Å². The molecular weight excluding hydrogens is 258 g/mol. The summed E-state index contributed by atoms with van der Waals surface area (Å²) in [6, 6.07) is 0. The number of hydrogen-bond donors (Lipinski definition) is 1. The van der Waals surface area contributed by atoms with E-state index < -0.39 is 0 Å². The number of nitrogens with one attached hydrogen (secondary N) is 1. The molecule has 2 aliphatic rings. The molecule has 0 radical (unpaired) electrons. The Morgan fingerprint density at radius 3 is 3.16 bits per heavy atom. The van der Waals surface area contributed by atoms with E-state index in [0.29, 0.717) is 12.5 Å². The molecule has 4 nitrogen and oxygen atoms in total. The van der Waals surface area contributed by atoms with Gasteiger partial charge in [-0.3, -0.25) is 9.20 Å². The van der Waals surface area contributed by atoms with Crippen molar-refractivity contribution in [1.82, 2.24) is 14.7 Å². The van der Waals surface area contributed by atoms with Gasteiger partial charge in [0.1, 0.15) is 0 Å². The minimum Gasteiger partial charge on any atom is -0.350 e. The maximum atomic E-state index is 12.2. The van der Waals surface area contributed by atoms with Gasteiger partial charge in [-0.2, -0.15) is 0 Å². The van der Waals surface area contributed by atoms with Gasteiger partial charge < -0.3 is 5.32 Å². The van der Waals surface area contributed by atoms with Crippen molar-refractivity contribution in [1.29, 1.82) is 0 Å². The molecule has 2 saturated carbocycles. The number of hydrogen-bond acceptors (Lipinski definition) is 3. The van der Waals surface area contributed by atoms with E-state index in [-0.39, 0.29) is 11.8 Å². The summed E-state index contributed by atoms with van der Waals surface area (Å²) in [7, 11) is 0. The average molecular weight is 275 g/mol. The van der Waals surface area contributed by atoms with Gasteiger partial charge >= 0.3 is 0 Å². The Bertz CT molecular complexity index is 589. The highest BCUT2D eigenvalue weighted by atomic mass is 32.1. The topological polar surface area (TPSA) is 46.4 Å². The van der Waals surface area contributed by atoms with Crippen molar-refractivity contribution in [3.8, 4) is 0 Å². The van der Waals surface area contributed by atoms with E-state index >= 15 is 0 Å². The largest absolute Gasteiger partial charge is 0.350 e. The van der Waals surface area contributed by atoms with Gasteiger partial charge in [-0.05, 0) is 31.1 Å². The number of aromatic nitrogens is 2. The summed E-state index contributed by atoms with van der Waals surface area (Å²) in [5, 5.41) is 5.08. The highest BCUT2D eigenvalue weighted by Crippen LogP contribution is 2.48. The van der Waals surface area contributed by atoms with E-state index in [1.807, 2.05) is 22.2 Å². The van der Waals surface area contributed by atoms with Crippen LogP contribution >= 0.6 is 11.3 Å². The third kappa shape index (κ3) is 1.96. The molecular formula is C14H17N3OS. The Morgan fingerprint density at radius 2 is 2.42 bits per heavy atom. The summed E-state index contributed by atoms with van der Waals surface area (Å²) >= 11 is 1.62.